The number of thioether (sulfide) groups is 1. The zero-order valence-corrected chi connectivity index (χ0v) is 10.7. The Morgan fingerprint density at radius 3 is 2.86 bits per heavy atom. The molecule has 0 unspecified atom stereocenters. The molecule has 2 aromatic rings. The summed E-state index contributed by atoms with van der Waals surface area (Å²) < 4.78 is 2.07. The fraction of sp³-hybridized carbons (Fsp3) is 0.200. The Morgan fingerprint density at radius 1 is 1.43 bits per heavy atom. The highest BCUT2D eigenvalue weighted by molar-refractivity contribution is 7.99. The molecule has 0 aliphatic heterocycles. The Kier molecular flexibility index (Phi) is 3.27. The van der Waals surface area contributed by atoms with Gasteiger partial charge in [0.25, 0.3) is 0 Å². The first kappa shape index (κ1) is 10.6. The zero-order valence-electron chi connectivity index (χ0n) is 7.51. The molecule has 0 amide bonds. The average Bonchev–Trinajstić information content (AvgIpc) is 2.52. The number of hydrogen-bond donors (Lipinski definition) is 0. The van der Waals surface area contributed by atoms with E-state index in [0.717, 1.165) is 9.90 Å². The molecule has 14 heavy (non-hydrogen) atoms. The molecule has 0 bridgehead atoms. The van der Waals surface area contributed by atoms with E-state index >= 15 is 0 Å². The normalized spacial score (nSPS) is 11.1. The van der Waals surface area contributed by atoms with Crippen LogP contribution in [0.15, 0.2) is 23.1 Å². The number of halogens is 2. The predicted molar refractivity (Wildman–Crippen MR) is 68.2 cm³/mol. The molecule has 0 radical (unpaired) electrons. The van der Waals surface area contributed by atoms with Gasteiger partial charge in [-0.1, -0.05) is 23.7 Å². The van der Waals surface area contributed by atoms with Crippen molar-refractivity contribution in [1.82, 2.24) is 0 Å². The van der Waals surface area contributed by atoms with Crippen LogP contribution in [0.5, 0.6) is 0 Å². The maximum Gasteiger partial charge on any atom is 0.0985 e. The molecule has 0 N–H and O–H groups in total. The molecule has 0 saturated heterocycles. The van der Waals surface area contributed by atoms with Gasteiger partial charge in [-0.3, -0.25) is 0 Å². The molecule has 4 heteroatoms. The Bertz CT molecular complexity index is 462. The van der Waals surface area contributed by atoms with Crippen LogP contribution in [-0.2, 0) is 5.88 Å². The molecule has 0 aliphatic rings. The third kappa shape index (κ3) is 1.65. The number of fused-ring (bicyclic) bond motifs is 1. The van der Waals surface area contributed by atoms with Crippen molar-refractivity contribution in [1.29, 1.82) is 0 Å². The summed E-state index contributed by atoms with van der Waals surface area (Å²) in [5.41, 5.74) is 1.06. The van der Waals surface area contributed by atoms with Crippen molar-refractivity contribution in [3.63, 3.8) is 0 Å². The Balaban J connectivity index is 2.79. The first-order valence-corrected chi connectivity index (χ1v) is 7.03. The van der Waals surface area contributed by atoms with E-state index in [1.807, 2.05) is 6.07 Å². The van der Waals surface area contributed by atoms with E-state index in [0.29, 0.717) is 5.88 Å². The quantitative estimate of drug-likeness (QED) is 0.541. The van der Waals surface area contributed by atoms with Gasteiger partial charge in [0.15, 0.2) is 0 Å². The first-order valence-electron chi connectivity index (χ1n) is 4.07. The summed E-state index contributed by atoms with van der Waals surface area (Å²) in [4.78, 5) is 1.27. The number of rotatable bonds is 2. The molecule has 1 aromatic carbocycles. The van der Waals surface area contributed by atoms with E-state index in [1.54, 1.807) is 23.1 Å². The lowest BCUT2D eigenvalue weighted by Gasteiger charge is -1.98. The van der Waals surface area contributed by atoms with Crippen LogP contribution >= 0.6 is 46.3 Å². The van der Waals surface area contributed by atoms with Crippen LogP contribution in [0.2, 0.25) is 4.34 Å². The number of hydrogen-bond acceptors (Lipinski definition) is 2. The maximum atomic E-state index is 6.12. The van der Waals surface area contributed by atoms with Gasteiger partial charge < -0.3 is 0 Å². The van der Waals surface area contributed by atoms with Gasteiger partial charge in [-0.05, 0) is 17.7 Å². The highest BCUT2D eigenvalue weighted by Gasteiger charge is 2.11. The topological polar surface area (TPSA) is 0 Å². The molecule has 1 heterocycles. The fourth-order valence-corrected chi connectivity index (χ4v) is 4.07. The largest absolute Gasteiger partial charge is 0.128 e. The standard InChI is InChI=1S/C10H8Cl2S2/c1-13-8-4-2-3-6-7(5-11)10(12)14-9(6)8/h2-4H,5H2,1H3. The van der Waals surface area contributed by atoms with E-state index in [4.69, 9.17) is 23.2 Å². The summed E-state index contributed by atoms with van der Waals surface area (Å²) in [7, 11) is 0. The van der Waals surface area contributed by atoms with Gasteiger partial charge in [0.1, 0.15) is 0 Å². The van der Waals surface area contributed by atoms with Crippen molar-refractivity contribution in [3.8, 4) is 0 Å². The zero-order chi connectivity index (χ0) is 10.1. The second-order valence-corrected chi connectivity index (χ2v) is 5.56. The smallest absolute Gasteiger partial charge is 0.0985 e. The van der Waals surface area contributed by atoms with Crippen LogP contribution in [0.25, 0.3) is 10.1 Å². The summed E-state index contributed by atoms with van der Waals surface area (Å²) in [6, 6.07) is 6.24. The van der Waals surface area contributed by atoms with Gasteiger partial charge >= 0.3 is 0 Å². The average molecular weight is 263 g/mol. The van der Waals surface area contributed by atoms with E-state index in [-0.39, 0.29) is 0 Å². The summed E-state index contributed by atoms with van der Waals surface area (Å²) in [6.07, 6.45) is 2.07. The minimum Gasteiger partial charge on any atom is -0.128 e. The predicted octanol–water partition coefficient (Wildman–Crippen LogP) is 5.02. The highest BCUT2D eigenvalue weighted by Crippen LogP contribution is 2.40. The van der Waals surface area contributed by atoms with Gasteiger partial charge in [0.2, 0.25) is 0 Å². The van der Waals surface area contributed by atoms with Crippen molar-refractivity contribution in [2.75, 3.05) is 6.26 Å². The Labute approximate surface area is 101 Å². The maximum absolute atomic E-state index is 6.12. The molecule has 0 fully saturated rings. The second-order valence-electron chi connectivity index (χ2n) is 2.82. The second kappa shape index (κ2) is 4.31. The van der Waals surface area contributed by atoms with Gasteiger partial charge in [-0.25, -0.2) is 0 Å². The van der Waals surface area contributed by atoms with Crippen LogP contribution in [0.4, 0.5) is 0 Å². The van der Waals surface area contributed by atoms with Crippen molar-refractivity contribution in [2.45, 2.75) is 10.8 Å². The van der Waals surface area contributed by atoms with Crippen LogP contribution < -0.4 is 0 Å². The van der Waals surface area contributed by atoms with Gasteiger partial charge in [-0.2, -0.15) is 0 Å². The van der Waals surface area contributed by atoms with Crippen LogP contribution in [0.3, 0.4) is 0 Å². The van der Waals surface area contributed by atoms with Gasteiger partial charge in [0, 0.05) is 15.2 Å². The number of alkyl halides is 1. The molecule has 74 valence electrons. The summed E-state index contributed by atoms with van der Waals surface area (Å²) in [5.74, 6) is 0.483. The van der Waals surface area contributed by atoms with E-state index in [1.165, 1.54) is 15.0 Å². The van der Waals surface area contributed by atoms with Crippen molar-refractivity contribution < 1.29 is 0 Å². The monoisotopic (exact) mass is 262 g/mol. The van der Waals surface area contributed by atoms with Crippen LogP contribution in [0, 0.1) is 0 Å². The number of thiophene rings is 1. The molecule has 0 saturated carbocycles. The minimum atomic E-state index is 0.483. The molecule has 1 aromatic heterocycles. The lowest BCUT2D eigenvalue weighted by atomic mass is 10.2. The van der Waals surface area contributed by atoms with Crippen molar-refractivity contribution in [2.24, 2.45) is 0 Å². The molecule has 0 spiro atoms. The van der Waals surface area contributed by atoms with Crippen molar-refractivity contribution >= 4 is 56.4 Å². The molecule has 0 aliphatic carbocycles. The summed E-state index contributed by atoms with van der Waals surface area (Å²) in [6.45, 7) is 0. The first-order chi connectivity index (χ1) is 6.77. The van der Waals surface area contributed by atoms with Gasteiger partial charge in [-0.15, -0.1) is 34.7 Å². The minimum absolute atomic E-state index is 0.483. The Hall–Kier alpha value is 0.110. The van der Waals surface area contributed by atoms with E-state index in [2.05, 4.69) is 18.4 Å². The third-order valence-corrected chi connectivity index (χ3v) is 4.79. The molecule has 0 atom stereocenters. The fourth-order valence-electron chi connectivity index (χ4n) is 1.40. The third-order valence-electron chi connectivity index (χ3n) is 2.09. The van der Waals surface area contributed by atoms with E-state index < -0.39 is 0 Å². The van der Waals surface area contributed by atoms with E-state index in [9.17, 15) is 0 Å². The SMILES string of the molecule is CSc1cccc2c(CCl)c(Cl)sc12. The molecule has 2 rings (SSSR count). The lowest BCUT2D eigenvalue weighted by Crippen LogP contribution is -1.75. The summed E-state index contributed by atoms with van der Waals surface area (Å²) in [5, 5.41) is 1.20. The molecular formula is C10H8Cl2S2. The summed E-state index contributed by atoms with van der Waals surface area (Å²) >= 11 is 15.3. The van der Waals surface area contributed by atoms with Crippen LogP contribution in [0.1, 0.15) is 5.56 Å². The Morgan fingerprint density at radius 2 is 2.21 bits per heavy atom. The van der Waals surface area contributed by atoms with Gasteiger partial charge in [0.05, 0.1) is 10.2 Å². The molecule has 0 nitrogen and oxygen atoms in total. The number of benzene rings is 1. The molecular weight excluding hydrogens is 255 g/mol. The lowest BCUT2D eigenvalue weighted by molar-refractivity contribution is 1.48. The highest BCUT2D eigenvalue weighted by atomic mass is 35.5. The van der Waals surface area contributed by atoms with Crippen molar-refractivity contribution in [3.05, 3.63) is 28.1 Å². The van der Waals surface area contributed by atoms with Crippen LogP contribution in [-0.4, -0.2) is 6.26 Å².